The number of amides is 1. The SMILES string of the molecule is NC(=O)c1ccc(Cl)c(NCc2ccc(Br)o2)c1. The van der Waals surface area contributed by atoms with Crippen molar-refractivity contribution in [2.24, 2.45) is 5.73 Å². The van der Waals surface area contributed by atoms with Crippen LogP contribution in [0.3, 0.4) is 0 Å². The van der Waals surface area contributed by atoms with Gasteiger partial charge in [0.25, 0.3) is 0 Å². The predicted octanol–water partition coefficient (Wildman–Crippen LogP) is 3.41. The predicted molar refractivity (Wildman–Crippen MR) is 73.7 cm³/mol. The molecule has 0 atom stereocenters. The first kappa shape index (κ1) is 13.0. The molecular formula is C12H10BrClN2O2. The van der Waals surface area contributed by atoms with Crippen LogP contribution in [-0.2, 0) is 6.54 Å². The van der Waals surface area contributed by atoms with Crippen LogP contribution in [0.25, 0.3) is 0 Å². The van der Waals surface area contributed by atoms with Gasteiger partial charge in [-0.3, -0.25) is 4.79 Å². The van der Waals surface area contributed by atoms with Crippen molar-refractivity contribution < 1.29 is 9.21 Å². The van der Waals surface area contributed by atoms with Gasteiger partial charge in [0, 0.05) is 5.56 Å². The van der Waals surface area contributed by atoms with Crippen molar-refractivity contribution >= 4 is 39.1 Å². The molecule has 94 valence electrons. The average molecular weight is 330 g/mol. The Hall–Kier alpha value is -1.46. The van der Waals surface area contributed by atoms with Gasteiger partial charge >= 0.3 is 0 Å². The van der Waals surface area contributed by atoms with E-state index in [1.807, 2.05) is 6.07 Å². The van der Waals surface area contributed by atoms with Crippen molar-refractivity contribution in [3.8, 4) is 0 Å². The summed E-state index contributed by atoms with van der Waals surface area (Å²) in [4.78, 5) is 11.1. The van der Waals surface area contributed by atoms with Crippen LogP contribution in [0.15, 0.2) is 39.4 Å². The van der Waals surface area contributed by atoms with Gasteiger partial charge in [0.15, 0.2) is 4.67 Å². The number of nitrogens with two attached hydrogens (primary N) is 1. The van der Waals surface area contributed by atoms with Crippen LogP contribution in [0.2, 0.25) is 5.02 Å². The lowest BCUT2D eigenvalue weighted by Crippen LogP contribution is -2.11. The number of carbonyl (C=O) groups is 1. The summed E-state index contributed by atoms with van der Waals surface area (Å²) in [5.41, 5.74) is 6.25. The molecule has 4 nitrogen and oxygen atoms in total. The smallest absolute Gasteiger partial charge is 0.248 e. The van der Waals surface area contributed by atoms with E-state index in [1.165, 1.54) is 0 Å². The maximum absolute atomic E-state index is 11.1. The minimum absolute atomic E-state index is 0.405. The van der Waals surface area contributed by atoms with Gasteiger partial charge in [0.1, 0.15) is 5.76 Å². The van der Waals surface area contributed by atoms with E-state index in [-0.39, 0.29) is 0 Å². The molecule has 1 heterocycles. The van der Waals surface area contributed by atoms with Crippen LogP contribution >= 0.6 is 27.5 Å². The van der Waals surface area contributed by atoms with Crippen molar-refractivity contribution in [3.05, 3.63) is 51.3 Å². The Morgan fingerprint density at radius 1 is 1.39 bits per heavy atom. The molecule has 0 aliphatic carbocycles. The third-order valence-electron chi connectivity index (χ3n) is 2.33. The topological polar surface area (TPSA) is 68.3 Å². The third-order valence-corrected chi connectivity index (χ3v) is 3.09. The zero-order chi connectivity index (χ0) is 13.1. The second-order valence-corrected chi connectivity index (χ2v) is 4.81. The van der Waals surface area contributed by atoms with Gasteiger partial charge in [0.05, 0.1) is 17.3 Å². The van der Waals surface area contributed by atoms with Crippen LogP contribution in [0, 0.1) is 0 Å². The molecule has 6 heteroatoms. The molecule has 2 rings (SSSR count). The summed E-state index contributed by atoms with van der Waals surface area (Å²) in [5, 5.41) is 3.60. The summed E-state index contributed by atoms with van der Waals surface area (Å²) in [6.07, 6.45) is 0. The minimum atomic E-state index is -0.490. The van der Waals surface area contributed by atoms with Gasteiger partial charge in [-0.2, -0.15) is 0 Å². The fourth-order valence-corrected chi connectivity index (χ4v) is 1.97. The number of nitrogens with one attached hydrogen (secondary N) is 1. The van der Waals surface area contributed by atoms with Crippen LogP contribution in [-0.4, -0.2) is 5.91 Å². The van der Waals surface area contributed by atoms with E-state index in [0.717, 1.165) is 5.76 Å². The largest absolute Gasteiger partial charge is 0.452 e. The van der Waals surface area contributed by atoms with Gasteiger partial charge in [-0.1, -0.05) is 11.6 Å². The fourth-order valence-electron chi connectivity index (χ4n) is 1.44. The number of benzene rings is 1. The van der Waals surface area contributed by atoms with E-state index in [4.69, 9.17) is 21.8 Å². The third kappa shape index (κ3) is 3.05. The Morgan fingerprint density at radius 3 is 2.78 bits per heavy atom. The summed E-state index contributed by atoms with van der Waals surface area (Å²) in [5.74, 6) is 0.262. The number of furan rings is 1. The highest BCUT2D eigenvalue weighted by Crippen LogP contribution is 2.24. The quantitative estimate of drug-likeness (QED) is 0.903. The molecular weight excluding hydrogens is 320 g/mol. The molecule has 1 aromatic heterocycles. The molecule has 1 amide bonds. The van der Waals surface area contributed by atoms with Crippen molar-refractivity contribution in [2.75, 3.05) is 5.32 Å². The molecule has 0 bridgehead atoms. The lowest BCUT2D eigenvalue weighted by Gasteiger charge is -2.08. The second-order valence-electron chi connectivity index (χ2n) is 3.62. The van der Waals surface area contributed by atoms with Crippen LogP contribution in [0.1, 0.15) is 16.1 Å². The number of primary amides is 1. The van der Waals surface area contributed by atoms with Crippen molar-refractivity contribution in [2.45, 2.75) is 6.54 Å². The maximum atomic E-state index is 11.1. The molecule has 0 saturated heterocycles. The lowest BCUT2D eigenvalue weighted by atomic mass is 10.2. The Balaban J connectivity index is 2.13. The van der Waals surface area contributed by atoms with Gasteiger partial charge < -0.3 is 15.5 Å². The summed E-state index contributed by atoms with van der Waals surface area (Å²) in [7, 11) is 0. The Labute approximate surface area is 117 Å². The molecule has 18 heavy (non-hydrogen) atoms. The van der Waals surface area contributed by atoms with E-state index in [1.54, 1.807) is 24.3 Å². The summed E-state index contributed by atoms with van der Waals surface area (Å²) >= 11 is 9.24. The monoisotopic (exact) mass is 328 g/mol. The minimum Gasteiger partial charge on any atom is -0.452 e. The Morgan fingerprint density at radius 2 is 2.17 bits per heavy atom. The number of hydrogen-bond acceptors (Lipinski definition) is 3. The second kappa shape index (κ2) is 5.46. The van der Waals surface area contributed by atoms with Gasteiger partial charge in [-0.05, 0) is 46.3 Å². The van der Waals surface area contributed by atoms with E-state index >= 15 is 0 Å². The normalized spacial score (nSPS) is 10.3. The highest BCUT2D eigenvalue weighted by atomic mass is 79.9. The first-order chi connectivity index (χ1) is 8.56. The molecule has 0 aliphatic rings. The standard InChI is InChI=1S/C12H10BrClN2O2/c13-11-4-2-8(18-11)6-16-10-5-7(12(15)17)1-3-9(10)14/h1-5,16H,6H2,(H2,15,17). The van der Waals surface area contributed by atoms with E-state index in [2.05, 4.69) is 21.2 Å². The van der Waals surface area contributed by atoms with Crippen LogP contribution in [0.5, 0.6) is 0 Å². The van der Waals surface area contributed by atoms with Gasteiger partial charge in [-0.25, -0.2) is 0 Å². The average Bonchev–Trinajstić information content (AvgIpc) is 2.74. The Kier molecular flexibility index (Phi) is 3.93. The number of rotatable bonds is 4. The molecule has 0 unspecified atom stereocenters. The molecule has 0 spiro atoms. The Bertz CT molecular complexity index is 583. The van der Waals surface area contributed by atoms with Crippen molar-refractivity contribution in [1.82, 2.24) is 0 Å². The first-order valence-electron chi connectivity index (χ1n) is 5.13. The highest BCUT2D eigenvalue weighted by molar-refractivity contribution is 9.10. The zero-order valence-electron chi connectivity index (χ0n) is 9.24. The zero-order valence-corrected chi connectivity index (χ0v) is 11.6. The molecule has 2 aromatic rings. The molecule has 3 N–H and O–H groups in total. The van der Waals surface area contributed by atoms with Gasteiger partial charge in [-0.15, -0.1) is 0 Å². The first-order valence-corrected chi connectivity index (χ1v) is 6.31. The highest BCUT2D eigenvalue weighted by Gasteiger charge is 2.06. The number of carbonyl (C=O) groups excluding carboxylic acids is 1. The molecule has 1 aromatic carbocycles. The molecule has 0 saturated carbocycles. The summed E-state index contributed by atoms with van der Waals surface area (Å²) in [6.45, 7) is 0.466. The van der Waals surface area contributed by atoms with E-state index in [0.29, 0.717) is 27.5 Å². The lowest BCUT2D eigenvalue weighted by molar-refractivity contribution is 0.100. The number of halogens is 2. The number of hydrogen-bond donors (Lipinski definition) is 2. The fraction of sp³-hybridized carbons (Fsp3) is 0.0833. The maximum Gasteiger partial charge on any atom is 0.248 e. The van der Waals surface area contributed by atoms with Gasteiger partial charge in [0.2, 0.25) is 5.91 Å². The van der Waals surface area contributed by atoms with E-state index < -0.39 is 5.91 Å². The van der Waals surface area contributed by atoms with Crippen LogP contribution in [0.4, 0.5) is 5.69 Å². The van der Waals surface area contributed by atoms with Crippen molar-refractivity contribution in [1.29, 1.82) is 0 Å². The summed E-state index contributed by atoms with van der Waals surface area (Å²) in [6, 6.07) is 8.46. The van der Waals surface area contributed by atoms with E-state index in [9.17, 15) is 4.79 Å². The molecule has 0 radical (unpaired) electrons. The molecule has 0 aliphatic heterocycles. The molecule has 0 fully saturated rings. The van der Waals surface area contributed by atoms with Crippen molar-refractivity contribution in [3.63, 3.8) is 0 Å². The number of anilines is 1. The van der Waals surface area contributed by atoms with Crippen LogP contribution < -0.4 is 11.1 Å². The summed E-state index contributed by atoms with van der Waals surface area (Å²) < 4.78 is 6.01.